The lowest BCUT2D eigenvalue weighted by molar-refractivity contribution is -0.121. The first kappa shape index (κ1) is 16.7. The van der Waals surface area contributed by atoms with Crippen LogP contribution < -0.4 is 14.8 Å². The van der Waals surface area contributed by atoms with Gasteiger partial charge in [-0.25, -0.2) is 0 Å². The van der Waals surface area contributed by atoms with Crippen LogP contribution in [0.5, 0.6) is 11.5 Å². The minimum absolute atomic E-state index is 0.00459. The monoisotopic (exact) mass is 345 g/mol. The highest BCUT2D eigenvalue weighted by Gasteiger charge is 2.26. The number of fused-ring (bicyclic) bond motifs is 1. The molecule has 2 aromatic carbocycles. The molecule has 1 N–H and O–H groups in total. The third-order valence-corrected chi connectivity index (χ3v) is 4.59. The summed E-state index contributed by atoms with van der Waals surface area (Å²) < 4.78 is 10.7. The maximum Gasteiger partial charge on any atom is 0.224 e. The minimum atomic E-state index is 0.00459. The summed E-state index contributed by atoms with van der Waals surface area (Å²) in [5.74, 6) is 1.42. The fraction of sp³-hybridized carbons (Fsp3) is 0.316. The van der Waals surface area contributed by atoms with Gasteiger partial charge in [0.05, 0.1) is 26.7 Å². The van der Waals surface area contributed by atoms with Crippen LogP contribution in [0.1, 0.15) is 29.2 Å². The van der Waals surface area contributed by atoms with E-state index in [4.69, 9.17) is 21.1 Å². The van der Waals surface area contributed by atoms with Gasteiger partial charge in [0, 0.05) is 5.02 Å². The Bertz CT molecular complexity index is 743. The lowest BCUT2D eigenvalue weighted by Crippen LogP contribution is -2.28. The molecule has 1 atom stereocenters. The summed E-state index contributed by atoms with van der Waals surface area (Å²) in [5.41, 5.74) is 3.25. The van der Waals surface area contributed by atoms with Crippen LogP contribution in [0.15, 0.2) is 36.4 Å². The summed E-state index contributed by atoms with van der Waals surface area (Å²) in [5, 5.41) is 3.79. The lowest BCUT2D eigenvalue weighted by Gasteiger charge is -2.16. The fourth-order valence-corrected chi connectivity index (χ4v) is 3.24. The second-order valence-electron chi connectivity index (χ2n) is 5.87. The third-order valence-electron chi connectivity index (χ3n) is 4.34. The molecule has 0 saturated heterocycles. The van der Waals surface area contributed by atoms with E-state index in [-0.39, 0.29) is 11.9 Å². The van der Waals surface area contributed by atoms with E-state index in [9.17, 15) is 4.79 Å². The van der Waals surface area contributed by atoms with Crippen molar-refractivity contribution in [3.8, 4) is 11.5 Å². The second kappa shape index (κ2) is 7.14. The molecule has 4 nitrogen and oxygen atoms in total. The number of benzene rings is 2. The molecule has 1 aliphatic rings. The number of carbonyl (C=O) groups excluding carboxylic acids is 1. The van der Waals surface area contributed by atoms with Gasteiger partial charge in [-0.05, 0) is 53.8 Å². The summed E-state index contributed by atoms with van der Waals surface area (Å²) >= 11 is 5.87. The molecule has 126 valence electrons. The second-order valence-corrected chi connectivity index (χ2v) is 6.30. The van der Waals surface area contributed by atoms with E-state index in [2.05, 4.69) is 5.32 Å². The Balaban J connectivity index is 1.71. The van der Waals surface area contributed by atoms with E-state index in [1.165, 1.54) is 5.56 Å². The summed E-state index contributed by atoms with van der Waals surface area (Å²) in [6.07, 6.45) is 2.15. The highest BCUT2D eigenvalue weighted by Crippen LogP contribution is 2.39. The van der Waals surface area contributed by atoms with E-state index in [0.717, 1.165) is 29.7 Å². The van der Waals surface area contributed by atoms with Crippen molar-refractivity contribution in [2.75, 3.05) is 14.2 Å². The number of aryl methyl sites for hydroxylation is 1. The Labute approximate surface area is 146 Å². The number of nitrogens with one attached hydrogen (secondary N) is 1. The van der Waals surface area contributed by atoms with Crippen LogP contribution >= 0.6 is 11.6 Å². The summed E-state index contributed by atoms with van der Waals surface area (Å²) in [6, 6.07) is 11.3. The Morgan fingerprint density at radius 2 is 1.83 bits per heavy atom. The molecule has 0 radical (unpaired) electrons. The Morgan fingerprint density at radius 3 is 2.50 bits per heavy atom. The van der Waals surface area contributed by atoms with Gasteiger partial charge in [0.15, 0.2) is 11.5 Å². The standard InChI is InChI=1S/C19H20ClNO3/c1-23-17-10-13-5-8-16(15(13)11-18(17)24-2)21-19(22)9-12-3-6-14(20)7-4-12/h3-4,6-7,10-11,16H,5,8-9H2,1-2H3,(H,21,22). The molecule has 0 bridgehead atoms. The molecule has 0 spiro atoms. The van der Waals surface area contributed by atoms with Gasteiger partial charge < -0.3 is 14.8 Å². The van der Waals surface area contributed by atoms with Crippen LogP contribution in [0.25, 0.3) is 0 Å². The van der Waals surface area contributed by atoms with Crippen molar-refractivity contribution in [3.63, 3.8) is 0 Å². The number of hydrogen-bond acceptors (Lipinski definition) is 3. The van der Waals surface area contributed by atoms with Crippen molar-refractivity contribution in [1.29, 1.82) is 0 Å². The maximum atomic E-state index is 12.3. The van der Waals surface area contributed by atoms with Crippen molar-refractivity contribution < 1.29 is 14.3 Å². The molecule has 24 heavy (non-hydrogen) atoms. The predicted octanol–water partition coefficient (Wildman–Crippen LogP) is 3.70. The first-order chi connectivity index (χ1) is 11.6. The van der Waals surface area contributed by atoms with Crippen LogP contribution in [0, 0.1) is 0 Å². The Morgan fingerprint density at radius 1 is 1.17 bits per heavy atom. The minimum Gasteiger partial charge on any atom is -0.493 e. The number of carbonyl (C=O) groups is 1. The highest BCUT2D eigenvalue weighted by molar-refractivity contribution is 6.30. The molecule has 1 unspecified atom stereocenters. The molecular weight excluding hydrogens is 326 g/mol. The number of rotatable bonds is 5. The largest absolute Gasteiger partial charge is 0.493 e. The number of halogens is 1. The van der Waals surface area contributed by atoms with E-state index in [1.807, 2.05) is 24.3 Å². The number of hydrogen-bond donors (Lipinski definition) is 1. The van der Waals surface area contributed by atoms with Gasteiger partial charge >= 0.3 is 0 Å². The first-order valence-corrected chi connectivity index (χ1v) is 8.27. The quantitative estimate of drug-likeness (QED) is 0.898. The molecule has 0 aromatic heterocycles. The van der Waals surface area contributed by atoms with E-state index >= 15 is 0 Å². The zero-order valence-electron chi connectivity index (χ0n) is 13.8. The van der Waals surface area contributed by atoms with E-state index in [1.54, 1.807) is 26.4 Å². The average molecular weight is 346 g/mol. The SMILES string of the molecule is COc1cc2c(cc1OC)C(NC(=O)Cc1ccc(Cl)cc1)CC2. The van der Waals surface area contributed by atoms with Crippen LogP contribution in [0.4, 0.5) is 0 Å². The van der Waals surface area contributed by atoms with Gasteiger partial charge in [0.2, 0.25) is 5.91 Å². The predicted molar refractivity (Wildman–Crippen MR) is 93.9 cm³/mol. The highest BCUT2D eigenvalue weighted by atomic mass is 35.5. The topological polar surface area (TPSA) is 47.6 Å². The summed E-state index contributed by atoms with van der Waals surface area (Å²) in [4.78, 5) is 12.3. The Hall–Kier alpha value is -2.20. The molecule has 1 aliphatic carbocycles. The molecule has 0 saturated carbocycles. The number of amides is 1. The molecule has 0 aliphatic heterocycles. The maximum absolute atomic E-state index is 12.3. The van der Waals surface area contributed by atoms with E-state index in [0.29, 0.717) is 17.2 Å². The molecule has 1 amide bonds. The third kappa shape index (κ3) is 3.49. The first-order valence-electron chi connectivity index (χ1n) is 7.89. The van der Waals surface area contributed by atoms with Crippen LogP contribution in [-0.2, 0) is 17.6 Å². The van der Waals surface area contributed by atoms with Crippen LogP contribution in [0.3, 0.4) is 0 Å². The van der Waals surface area contributed by atoms with E-state index < -0.39 is 0 Å². The van der Waals surface area contributed by atoms with Gasteiger partial charge in [0.25, 0.3) is 0 Å². The number of methoxy groups -OCH3 is 2. The normalized spacial score (nSPS) is 15.7. The molecule has 2 aromatic rings. The molecule has 5 heteroatoms. The molecule has 3 rings (SSSR count). The fourth-order valence-electron chi connectivity index (χ4n) is 3.12. The molecule has 0 fully saturated rings. The van der Waals surface area contributed by atoms with Crippen molar-refractivity contribution in [1.82, 2.24) is 5.32 Å². The van der Waals surface area contributed by atoms with Gasteiger partial charge in [0.1, 0.15) is 0 Å². The lowest BCUT2D eigenvalue weighted by atomic mass is 10.1. The zero-order chi connectivity index (χ0) is 17.1. The van der Waals surface area contributed by atoms with Crippen LogP contribution in [0.2, 0.25) is 5.02 Å². The van der Waals surface area contributed by atoms with Gasteiger partial charge in [-0.15, -0.1) is 0 Å². The number of ether oxygens (including phenoxy) is 2. The summed E-state index contributed by atoms with van der Waals surface area (Å²) in [6.45, 7) is 0. The van der Waals surface area contributed by atoms with Crippen LogP contribution in [-0.4, -0.2) is 20.1 Å². The van der Waals surface area contributed by atoms with Gasteiger partial charge in [-0.1, -0.05) is 23.7 Å². The van der Waals surface area contributed by atoms with Crippen molar-refractivity contribution >= 4 is 17.5 Å². The Kier molecular flexibility index (Phi) is 4.95. The van der Waals surface area contributed by atoms with Crippen molar-refractivity contribution in [3.05, 3.63) is 58.1 Å². The zero-order valence-corrected chi connectivity index (χ0v) is 14.5. The van der Waals surface area contributed by atoms with Gasteiger partial charge in [-0.3, -0.25) is 4.79 Å². The van der Waals surface area contributed by atoms with Gasteiger partial charge in [-0.2, -0.15) is 0 Å². The van der Waals surface area contributed by atoms with Crippen molar-refractivity contribution in [2.45, 2.75) is 25.3 Å². The smallest absolute Gasteiger partial charge is 0.224 e. The van der Waals surface area contributed by atoms with Crippen molar-refractivity contribution in [2.24, 2.45) is 0 Å². The molecule has 0 heterocycles. The molecular formula is C19H20ClNO3. The average Bonchev–Trinajstić information content (AvgIpc) is 2.97. The summed E-state index contributed by atoms with van der Waals surface area (Å²) in [7, 11) is 3.25.